The molecule has 0 aromatic heterocycles. The van der Waals surface area contributed by atoms with Crippen LogP contribution in [0.4, 0.5) is 0 Å². The van der Waals surface area contributed by atoms with Gasteiger partial charge < -0.3 is 5.73 Å². The van der Waals surface area contributed by atoms with Gasteiger partial charge in [0.15, 0.2) is 0 Å². The molecule has 0 aliphatic rings. The van der Waals surface area contributed by atoms with Crippen molar-refractivity contribution in [1.29, 1.82) is 0 Å². The summed E-state index contributed by atoms with van der Waals surface area (Å²) >= 11 is 6.46. The smallest absolute Gasteiger partial charge is 0.0418 e. The van der Waals surface area contributed by atoms with Crippen molar-refractivity contribution in [1.82, 2.24) is 0 Å². The predicted octanol–water partition coefficient (Wildman–Crippen LogP) is 5.11. The van der Waals surface area contributed by atoms with Crippen molar-refractivity contribution in [3.05, 3.63) is 0 Å². The molecule has 0 heterocycles. The molecule has 17 heavy (non-hydrogen) atoms. The Labute approximate surface area is 113 Å². The van der Waals surface area contributed by atoms with Crippen molar-refractivity contribution < 1.29 is 0 Å². The molecule has 0 radical (unpaired) electrons. The van der Waals surface area contributed by atoms with Gasteiger partial charge in [0, 0.05) is 4.87 Å². The predicted molar refractivity (Wildman–Crippen MR) is 79.7 cm³/mol. The fraction of sp³-hybridized carbons (Fsp3) is 1.00. The highest BCUT2D eigenvalue weighted by Crippen LogP contribution is 2.32. The van der Waals surface area contributed by atoms with Crippen LogP contribution in [0.1, 0.15) is 78.6 Å². The van der Waals surface area contributed by atoms with Crippen LogP contribution in [0.5, 0.6) is 0 Å². The van der Waals surface area contributed by atoms with E-state index in [1.54, 1.807) is 0 Å². The highest BCUT2D eigenvalue weighted by Gasteiger charge is 2.25. The Morgan fingerprint density at radius 1 is 0.941 bits per heavy atom. The Hall–Kier alpha value is 0.250. The highest BCUT2D eigenvalue weighted by atomic mass is 35.5. The Kier molecular flexibility index (Phi) is 10.3. The van der Waals surface area contributed by atoms with E-state index in [0.717, 1.165) is 13.0 Å². The summed E-state index contributed by atoms with van der Waals surface area (Å²) in [5.41, 5.74) is 5.59. The largest absolute Gasteiger partial charge is 0.330 e. The minimum absolute atomic E-state index is 0.0708. The molecule has 0 bridgehead atoms. The first-order chi connectivity index (χ1) is 8.02. The quantitative estimate of drug-likeness (QED) is 0.406. The lowest BCUT2D eigenvalue weighted by molar-refractivity contribution is 0.342. The van der Waals surface area contributed by atoms with Gasteiger partial charge in [-0.15, -0.1) is 11.6 Å². The lowest BCUT2D eigenvalue weighted by Gasteiger charge is -2.28. The molecule has 1 nitrogen and oxygen atoms in total. The van der Waals surface area contributed by atoms with Crippen molar-refractivity contribution in [3.63, 3.8) is 0 Å². The Bertz CT molecular complexity index is 163. The van der Waals surface area contributed by atoms with Crippen molar-refractivity contribution in [2.45, 2.75) is 83.4 Å². The average molecular weight is 262 g/mol. The molecule has 1 atom stereocenters. The zero-order valence-electron chi connectivity index (χ0n) is 12.1. The molecule has 0 amide bonds. The van der Waals surface area contributed by atoms with Crippen LogP contribution in [-0.4, -0.2) is 11.4 Å². The summed E-state index contributed by atoms with van der Waals surface area (Å²) in [5, 5.41) is 0. The SMILES string of the molecule is CCCCCCCCC(CCCN)C(C)(C)Cl. The van der Waals surface area contributed by atoms with E-state index in [9.17, 15) is 0 Å². The molecule has 0 fully saturated rings. The molecule has 0 spiro atoms. The van der Waals surface area contributed by atoms with Gasteiger partial charge in [-0.3, -0.25) is 0 Å². The summed E-state index contributed by atoms with van der Waals surface area (Å²) in [6, 6.07) is 0. The van der Waals surface area contributed by atoms with Gasteiger partial charge in [-0.05, 0) is 45.6 Å². The molecule has 0 aromatic carbocycles. The topological polar surface area (TPSA) is 26.0 Å². The van der Waals surface area contributed by atoms with Gasteiger partial charge in [-0.1, -0.05) is 45.4 Å². The first kappa shape index (κ1) is 17.2. The summed E-state index contributed by atoms with van der Waals surface area (Å²) in [5.74, 6) is 0.624. The van der Waals surface area contributed by atoms with E-state index in [-0.39, 0.29) is 4.87 Å². The molecule has 2 heteroatoms. The fourth-order valence-electron chi connectivity index (χ4n) is 2.37. The molecule has 0 aliphatic heterocycles. The van der Waals surface area contributed by atoms with Gasteiger partial charge in [0.2, 0.25) is 0 Å². The average Bonchev–Trinajstić information content (AvgIpc) is 2.25. The van der Waals surface area contributed by atoms with Gasteiger partial charge in [-0.25, -0.2) is 0 Å². The maximum atomic E-state index is 6.46. The van der Waals surface area contributed by atoms with Gasteiger partial charge in [0.1, 0.15) is 0 Å². The number of rotatable bonds is 11. The second kappa shape index (κ2) is 10.2. The van der Waals surface area contributed by atoms with E-state index in [2.05, 4.69) is 20.8 Å². The van der Waals surface area contributed by atoms with E-state index in [1.807, 2.05) is 0 Å². The second-order valence-corrected chi connectivity index (χ2v) is 6.72. The standard InChI is InChI=1S/C15H32ClN/c1-4-5-6-7-8-9-11-14(12-10-13-17)15(2,3)16/h14H,4-13,17H2,1-3H3. The van der Waals surface area contributed by atoms with Crippen molar-refractivity contribution in [3.8, 4) is 0 Å². The van der Waals surface area contributed by atoms with Crippen LogP contribution in [0, 0.1) is 5.92 Å². The highest BCUT2D eigenvalue weighted by molar-refractivity contribution is 6.23. The van der Waals surface area contributed by atoms with Gasteiger partial charge >= 0.3 is 0 Å². The normalized spacial score (nSPS) is 13.9. The van der Waals surface area contributed by atoms with Crippen LogP contribution in [0.25, 0.3) is 0 Å². The van der Waals surface area contributed by atoms with Gasteiger partial charge in [0.05, 0.1) is 0 Å². The van der Waals surface area contributed by atoms with Gasteiger partial charge in [0.25, 0.3) is 0 Å². The van der Waals surface area contributed by atoms with Crippen molar-refractivity contribution >= 4 is 11.6 Å². The van der Waals surface area contributed by atoms with E-state index in [0.29, 0.717) is 5.92 Å². The first-order valence-electron chi connectivity index (χ1n) is 7.41. The zero-order valence-corrected chi connectivity index (χ0v) is 12.9. The Balaban J connectivity index is 3.69. The number of nitrogens with two attached hydrogens (primary N) is 1. The molecule has 0 aliphatic carbocycles. The summed E-state index contributed by atoms with van der Waals surface area (Å²) < 4.78 is 0. The molecular formula is C15H32ClN. The minimum atomic E-state index is -0.0708. The summed E-state index contributed by atoms with van der Waals surface area (Å²) in [6.07, 6.45) is 11.8. The number of unbranched alkanes of at least 4 members (excludes halogenated alkanes) is 5. The third-order valence-corrected chi connectivity index (χ3v) is 3.94. The summed E-state index contributed by atoms with van der Waals surface area (Å²) in [7, 11) is 0. The molecule has 0 saturated heterocycles. The maximum absolute atomic E-state index is 6.46. The van der Waals surface area contributed by atoms with E-state index < -0.39 is 0 Å². The van der Waals surface area contributed by atoms with Crippen LogP contribution in [-0.2, 0) is 0 Å². The number of hydrogen-bond acceptors (Lipinski definition) is 1. The molecule has 1 unspecified atom stereocenters. The van der Waals surface area contributed by atoms with Crippen molar-refractivity contribution in [2.75, 3.05) is 6.54 Å². The Morgan fingerprint density at radius 2 is 1.47 bits per heavy atom. The molecular weight excluding hydrogens is 230 g/mol. The fourth-order valence-corrected chi connectivity index (χ4v) is 2.58. The minimum Gasteiger partial charge on any atom is -0.330 e. The monoisotopic (exact) mass is 261 g/mol. The van der Waals surface area contributed by atoms with Gasteiger partial charge in [-0.2, -0.15) is 0 Å². The van der Waals surface area contributed by atoms with Crippen LogP contribution >= 0.6 is 11.6 Å². The molecule has 0 rings (SSSR count). The van der Waals surface area contributed by atoms with Crippen molar-refractivity contribution in [2.24, 2.45) is 11.7 Å². The number of alkyl halides is 1. The molecule has 0 saturated carbocycles. The number of halogens is 1. The first-order valence-corrected chi connectivity index (χ1v) is 7.79. The second-order valence-electron chi connectivity index (χ2n) is 5.75. The number of hydrogen-bond donors (Lipinski definition) is 1. The molecule has 2 N–H and O–H groups in total. The lowest BCUT2D eigenvalue weighted by atomic mass is 9.85. The van der Waals surface area contributed by atoms with E-state index in [4.69, 9.17) is 17.3 Å². The van der Waals surface area contributed by atoms with Crippen LogP contribution < -0.4 is 5.73 Å². The molecule has 0 aromatic rings. The third kappa shape index (κ3) is 9.91. The summed E-state index contributed by atoms with van der Waals surface area (Å²) in [4.78, 5) is -0.0708. The Morgan fingerprint density at radius 3 is 2.00 bits per heavy atom. The lowest BCUT2D eigenvalue weighted by Crippen LogP contribution is -2.25. The third-order valence-electron chi connectivity index (χ3n) is 3.63. The van der Waals surface area contributed by atoms with Crippen LogP contribution in [0.3, 0.4) is 0 Å². The maximum Gasteiger partial charge on any atom is 0.0418 e. The molecule has 104 valence electrons. The van der Waals surface area contributed by atoms with Crippen LogP contribution in [0.15, 0.2) is 0 Å². The van der Waals surface area contributed by atoms with E-state index >= 15 is 0 Å². The summed E-state index contributed by atoms with van der Waals surface area (Å²) in [6.45, 7) is 7.35. The zero-order chi connectivity index (χ0) is 13.1. The van der Waals surface area contributed by atoms with E-state index in [1.165, 1.54) is 51.4 Å². The van der Waals surface area contributed by atoms with Crippen LogP contribution in [0.2, 0.25) is 0 Å².